The number of oxazole rings is 1. The number of halogens is 3. The molecule has 1 aromatic carbocycles. The smallest absolute Gasteiger partial charge is 0.320 e. The Morgan fingerprint density at radius 2 is 1.79 bits per heavy atom. The van der Waals surface area contributed by atoms with E-state index in [-0.39, 0.29) is 28.6 Å². The van der Waals surface area contributed by atoms with Crippen molar-refractivity contribution in [1.29, 1.82) is 0 Å². The number of piperazine rings is 1. The van der Waals surface area contributed by atoms with Gasteiger partial charge in [-0.15, -0.1) is 0 Å². The zero-order chi connectivity index (χ0) is 23.1. The number of urea groups is 1. The quantitative estimate of drug-likeness (QED) is 0.564. The number of nitrogens with one attached hydrogen (secondary N) is 1. The Bertz CT molecular complexity index is 1220. The highest BCUT2D eigenvalue weighted by Gasteiger charge is 2.36. The van der Waals surface area contributed by atoms with E-state index in [0.29, 0.717) is 61.7 Å². The number of carbonyl (C=O) groups is 2. The lowest BCUT2D eigenvalue weighted by atomic mass is 10.1. The molecule has 3 amide bonds. The van der Waals surface area contributed by atoms with Crippen LogP contribution in [0.2, 0.25) is 10.2 Å². The van der Waals surface area contributed by atoms with Crippen LogP contribution in [0.25, 0.3) is 11.2 Å². The summed E-state index contributed by atoms with van der Waals surface area (Å²) in [5.41, 5.74) is 1.21. The number of benzene rings is 1. The second-order valence-electron chi connectivity index (χ2n) is 7.91. The fourth-order valence-corrected chi connectivity index (χ4v) is 4.27. The van der Waals surface area contributed by atoms with Gasteiger partial charge in [0.2, 0.25) is 5.65 Å². The zero-order valence-electron chi connectivity index (χ0n) is 17.3. The Hall–Kier alpha value is -3.11. The number of carbonyl (C=O) groups excluding carboxylic acids is 2. The molecule has 2 aliphatic rings. The molecule has 0 unspecified atom stereocenters. The number of amides is 3. The third-order valence-electron chi connectivity index (χ3n) is 5.69. The Morgan fingerprint density at radius 1 is 1.03 bits per heavy atom. The van der Waals surface area contributed by atoms with Crippen LogP contribution in [0.15, 0.2) is 34.7 Å². The van der Waals surface area contributed by atoms with Gasteiger partial charge in [-0.3, -0.25) is 4.79 Å². The fraction of sp³-hybridized carbons (Fsp3) is 0.333. The average Bonchev–Trinajstić information content (AvgIpc) is 3.18. The molecule has 0 aliphatic carbocycles. The van der Waals surface area contributed by atoms with Gasteiger partial charge in [0.05, 0.1) is 16.6 Å². The molecule has 2 saturated heterocycles. The summed E-state index contributed by atoms with van der Waals surface area (Å²) in [6.45, 7) is 2.99. The topological polar surface area (TPSA) is 94.8 Å². The monoisotopic (exact) mass is 492 g/mol. The highest BCUT2D eigenvalue weighted by Crippen LogP contribution is 2.24. The number of hydrogen-bond donors (Lipinski definition) is 1. The molecule has 0 atom stereocenters. The van der Waals surface area contributed by atoms with Crippen molar-refractivity contribution >= 4 is 52.4 Å². The number of likely N-dealkylation sites (tertiary alicyclic amines) is 1. The standard InChI is InChI=1S/C21H19Cl2FN6O3/c22-15-9-12(24)1-2-14(15)19(31)25-13-10-30(11-13)21(32)29-7-5-28(6-8-29)20-27-18-16(33-20)3-4-17(23)26-18/h1-4,9,13H,5-8,10-11H2,(H,25,31). The molecule has 2 aromatic heterocycles. The summed E-state index contributed by atoms with van der Waals surface area (Å²) in [4.78, 5) is 39.1. The summed E-state index contributed by atoms with van der Waals surface area (Å²) in [6, 6.07) is 7.20. The first-order valence-electron chi connectivity index (χ1n) is 10.3. The van der Waals surface area contributed by atoms with E-state index in [1.807, 2.05) is 4.90 Å². The van der Waals surface area contributed by atoms with Crippen LogP contribution < -0.4 is 10.2 Å². The lowest BCUT2D eigenvalue weighted by Crippen LogP contribution is -2.64. The van der Waals surface area contributed by atoms with Crippen molar-refractivity contribution in [2.24, 2.45) is 0 Å². The average molecular weight is 493 g/mol. The van der Waals surface area contributed by atoms with Gasteiger partial charge >= 0.3 is 6.03 Å². The molecule has 33 heavy (non-hydrogen) atoms. The van der Waals surface area contributed by atoms with Crippen molar-refractivity contribution in [3.63, 3.8) is 0 Å². The number of hydrogen-bond acceptors (Lipinski definition) is 6. The van der Waals surface area contributed by atoms with Gasteiger partial charge < -0.3 is 24.4 Å². The molecule has 172 valence electrons. The number of fused-ring (bicyclic) bond motifs is 1. The number of rotatable bonds is 3. The molecule has 3 aromatic rings. The van der Waals surface area contributed by atoms with E-state index < -0.39 is 5.82 Å². The van der Waals surface area contributed by atoms with Gasteiger partial charge in [0.15, 0.2) is 5.58 Å². The maximum atomic E-state index is 13.2. The van der Waals surface area contributed by atoms with E-state index in [1.165, 1.54) is 12.1 Å². The molecule has 4 heterocycles. The summed E-state index contributed by atoms with van der Waals surface area (Å²) in [6.07, 6.45) is 0. The molecule has 0 saturated carbocycles. The Kier molecular flexibility index (Phi) is 5.71. The minimum absolute atomic E-state index is 0.0513. The normalized spacial score (nSPS) is 16.8. The second-order valence-corrected chi connectivity index (χ2v) is 8.70. The van der Waals surface area contributed by atoms with E-state index in [9.17, 15) is 14.0 Å². The number of aromatic nitrogens is 2. The molecule has 2 aliphatic heterocycles. The third kappa shape index (κ3) is 4.40. The van der Waals surface area contributed by atoms with Gasteiger partial charge in [0.25, 0.3) is 11.9 Å². The van der Waals surface area contributed by atoms with Crippen LogP contribution in [0.1, 0.15) is 10.4 Å². The first-order valence-corrected chi connectivity index (χ1v) is 11.1. The van der Waals surface area contributed by atoms with Crippen molar-refractivity contribution in [1.82, 2.24) is 25.1 Å². The molecular formula is C21H19Cl2FN6O3. The SMILES string of the molecule is O=C(NC1CN(C(=O)N2CCN(c3nc4nc(Cl)ccc4o3)CC2)C1)c1ccc(F)cc1Cl. The molecular weight excluding hydrogens is 474 g/mol. The number of nitrogens with zero attached hydrogens (tertiary/aromatic N) is 5. The van der Waals surface area contributed by atoms with Gasteiger partial charge in [0, 0.05) is 39.3 Å². The maximum absolute atomic E-state index is 13.2. The van der Waals surface area contributed by atoms with Crippen molar-refractivity contribution in [3.05, 3.63) is 51.9 Å². The predicted molar refractivity (Wildman–Crippen MR) is 120 cm³/mol. The van der Waals surface area contributed by atoms with Crippen LogP contribution in [-0.4, -0.2) is 77.0 Å². The minimum Gasteiger partial charge on any atom is -0.422 e. The van der Waals surface area contributed by atoms with E-state index in [2.05, 4.69) is 15.3 Å². The molecule has 1 N–H and O–H groups in total. The molecule has 0 radical (unpaired) electrons. The Balaban J connectivity index is 1.11. The van der Waals surface area contributed by atoms with Crippen molar-refractivity contribution in [2.45, 2.75) is 6.04 Å². The summed E-state index contributed by atoms with van der Waals surface area (Å²) in [7, 11) is 0. The van der Waals surface area contributed by atoms with E-state index in [1.54, 1.807) is 21.9 Å². The zero-order valence-corrected chi connectivity index (χ0v) is 18.8. The number of pyridine rings is 1. The first kappa shape index (κ1) is 21.7. The van der Waals surface area contributed by atoms with Crippen molar-refractivity contribution in [3.8, 4) is 0 Å². The van der Waals surface area contributed by atoms with Crippen LogP contribution >= 0.6 is 23.2 Å². The van der Waals surface area contributed by atoms with Crippen LogP contribution in [0.5, 0.6) is 0 Å². The first-order chi connectivity index (χ1) is 15.9. The van der Waals surface area contributed by atoms with Crippen LogP contribution in [-0.2, 0) is 0 Å². The van der Waals surface area contributed by atoms with Gasteiger partial charge in [-0.05, 0) is 30.3 Å². The molecule has 0 bridgehead atoms. The predicted octanol–water partition coefficient (Wildman–Crippen LogP) is 3.02. The van der Waals surface area contributed by atoms with E-state index in [0.717, 1.165) is 6.07 Å². The van der Waals surface area contributed by atoms with Gasteiger partial charge in [-0.2, -0.15) is 4.98 Å². The summed E-state index contributed by atoms with van der Waals surface area (Å²) >= 11 is 11.8. The lowest BCUT2D eigenvalue weighted by Gasteiger charge is -2.44. The summed E-state index contributed by atoms with van der Waals surface area (Å²) in [5, 5.41) is 3.22. The van der Waals surface area contributed by atoms with Crippen LogP contribution in [0, 0.1) is 5.82 Å². The minimum atomic E-state index is -0.505. The van der Waals surface area contributed by atoms with Gasteiger partial charge in [0.1, 0.15) is 11.0 Å². The summed E-state index contributed by atoms with van der Waals surface area (Å²) in [5.74, 6) is -0.894. The molecule has 2 fully saturated rings. The number of anilines is 1. The molecule has 5 rings (SSSR count). The van der Waals surface area contributed by atoms with E-state index in [4.69, 9.17) is 27.6 Å². The second kappa shape index (κ2) is 8.68. The van der Waals surface area contributed by atoms with Gasteiger partial charge in [-0.1, -0.05) is 23.2 Å². The molecule has 12 heteroatoms. The molecule has 9 nitrogen and oxygen atoms in total. The van der Waals surface area contributed by atoms with Crippen LogP contribution in [0.3, 0.4) is 0 Å². The lowest BCUT2D eigenvalue weighted by molar-refractivity contribution is 0.0794. The Labute approximate surface area is 198 Å². The maximum Gasteiger partial charge on any atom is 0.320 e. The highest BCUT2D eigenvalue weighted by molar-refractivity contribution is 6.33. The van der Waals surface area contributed by atoms with Crippen LogP contribution in [0.4, 0.5) is 15.2 Å². The summed E-state index contributed by atoms with van der Waals surface area (Å²) < 4.78 is 18.9. The van der Waals surface area contributed by atoms with Crippen molar-refractivity contribution in [2.75, 3.05) is 44.2 Å². The Morgan fingerprint density at radius 3 is 2.52 bits per heavy atom. The fourth-order valence-electron chi connectivity index (χ4n) is 3.87. The van der Waals surface area contributed by atoms with Gasteiger partial charge in [-0.25, -0.2) is 14.2 Å². The molecule has 0 spiro atoms. The van der Waals surface area contributed by atoms with E-state index >= 15 is 0 Å². The third-order valence-corrected chi connectivity index (χ3v) is 6.22. The highest BCUT2D eigenvalue weighted by atomic mass is 35.5. The largest absolute Gasteiger partial charge is 0.422 e. The van der Waals surface area contributed by atoms with Crippen molar-refractivity contribution < 1.29 is 18.4 Å².